The van der Waals surface area contributed by atoms with Crippen LogP contribution in [0, 0.1) is 6.92 Å². The highest BCUT2D eigenvalue weighted by Gasteiger charge is 2.24. The van der Waals surface area contributed by atoms with Gasteiger partial charge in [0.05, 0.1) is 14.7 Å². The lowest BCUT2D eigenvalue weighted by molar-refractivity contribution is 0.102. The molecule has 0 atom stereocenters. The molecule has 0 radical (unpaired) electrons. The molecule has 2 aromatic carbocycles. The first kappa shape index (κ1) is 17.0. The second-order valence-corrected chi connectivity index (χ2v) is 7.35. The van der Waals surface area contributed by atoms with Gasteiger partial charge in [0.15, 0.2) is 5.13 Å². The molecule has 130 valence electrons. The fourth-order valence-electron chi connectivity index (χ4n) is 2.60. The van der Waals surface area contributed by atoms with Crippen molar-refractivity contribution in [2.24, 2.45) is 0 Å². The molecule has 0 aliphatic carbocycles. The molecule has 0 fully saturated rings. The molecule has 0 spiro atoms. The van der Waals surface area contributed by atoms with Crippen LogP contribution in [0.3, 0.4) is 0 Å². The molecule has 0 bridgehead atoms. The molecule has 0 aliphatic rings. The molecular weight excluding hydrogens is 393 g/mol. The highest BCUT2D eigenvalue weighted by atomic mass is 35.5. The highest BCUT2D eigenvalue weighted by molar-refractivity contribution is 7.22. The van der Waals surface area contributed by atoms with Crippen molar-refractivity contribution in [2.45, 2.75) is 6.92 Å². The monoisotopic (exact) mass is 403 g/mol. The molecule has 0 saturated carbocycles. The van der Waals surface area contributed by atoms with E-state index in [-0.39, 0.29) is 5.91 Å². The van der Waals surface area contributed by atoms with Gasteiger partial charge in [-0.2, -0.15) is 0 Å². The van der Waals surface area contributed by atoms with Crippen LogP contribution in [0.2, 0.25) is 10.0 Å². The summed E-state index contributed by atoms with van der Waals surface area (Å²) >= 11 is 13.7. The zero-order valence-corrected chi connectivity index (χ0v) is 15.7. The van der Waals surface area contributed by atoms with E-state index in [1.54, 1.807) is 25.1 Å². The van der Waals surface area contributed by atoms with Gasteiger partial charge in [0.25, 0.3) is 5.91 Å². The van der Waals surface area contributed by atoms with E-state index in [0.717, 1.165) is 4.70 Å². The summed E-state index contributed by atoms with van der Waals surface area (Å²) in [6.45, 7) is 1.68. The Morgan fingerprint density at radius 3 is 2.65 bits per heavy atom. The number of hydrogen-bond donors (Lipinski definition) is 1. The van der Waals surface area contributed by atoms with Crippen molar-refractivity contribution in [2.75, 3.05) is 5.32 Å². The number of amides is 1. The van der Waals surface area contributed by atoms with Crippen LogP contribution in [-0.2, 0) is 0 Å². The Labute approximate surface area is 162 Å². The quantitative estimate of drug-likeness (QED) is 0.467. The van der Waals surface area contributed by atoms with Gasteiger partial charge in [0.1, 0.15) is 22.5 Å². The van der Waals surface area contributed by atoms with Crippen molar-refractivity contribution >= 4 is 55.8 Å². The van der Waals surface area contributed by atoms with E-state index in [0.29, 0.717) is 43.3 Å². The topological polar surface area (TPSA) is 68.0 Å². The average molecular weight is 404 g/mol. The smallest absolute Gasteiger partial charge is 0.263 e. The van der Waals surface area contributed by atoms with Crippen LogP contribution in [0.4, 0.5) is 5.13 Å². The zero-order chi connectivity index (χ0) is 18.3. The van der Waals surface area contributed by atoms with E-state index in [9.17, 15) is 4.79 Å². The van der Waals surface area contributed by atoms with Crippen LogP contribution >= 0.6 is 34.5 Å². The number of aromatic nitrogens is 2. The molecule has 26 heavy (non-hydrogen) atoms. The van der Waals surface area contributed by atoms with E-state index in [1.807, 2.05) is 24.3 Å². The van der Waals surface area contributed by atoms with Gasteiger partial charge >= 0.3 is 0 Å². The fraction of sp³-hybridized carbons (Fsp3) is 0.0556. The SMILES string of the molecule is Cc1onc(-c2ccccc2Cl)c1C(=O)Nc1nc2c(Cl)cccc2s1. The van der Waals surface area contributed by atoms with Gasteiger partial charge in [0.2, 0.25) is 0 Å². The molecule has 0 aliphatic heterocycles. The van der Waals surface area contributed by atoms with E-state index in [4.69, 9.17) is 27.7 Å². The number of rotatable bonds is 3. The summed E-state index contributed by atoms with van der Waals surface area (Å²) in [6.07, 6.45) is 0. The minimum absolute atomic E-state index is 0.323. The predicted octanol–water partition coefficient (Wildman–Crippen LogP) is 5.82. The molecule has 4 aromatic rings. The Bertz CT molecular complexity index is 1140. The maximum atomic E-state index is 12.8. The van der Waals surface area contributed by atoms with Crippen molar-refractivity contribution in [1.29, 1.82) is 0 Å². The van der Waals surface area contributed by atoms with Crippen molar-refractivity contribution in [3.8, 4) is 11.3 Å². The molecule has 2 heterocycles. The summed E-state index contributed by atoms with van der Waals surface area (Å²) in [7, 11) is 0. The molecule has 1 amide bonds. The van der Waals surface area contributed by atoms with Gasteiger partial charge in [0, 0.05) is 5.56 Å². The third-order valence-corrected chi connectivity index (χ3v) is 5.38. The van der Waals surface area contributed by atoms with E-state index < -0.39 is 0 Å². The Balaban J connectivity index is 1.71. The number of fused-ring (bicyclic) bond motifs is 1. The van der Waals surface area contributed by atoms with E-state index in [2.05, 4.69) is 15.5 Å². The summed E-state index contributed by atoms with van der Waals surface area (Å²) in [4.78, 5) is 17.2. The van der Waals surface area contributed by atoms with Gasteiger partial charge in [-0.25, -0.2) is 4.98 Å². The van der Waals surface area contributed by atoms with E-state index >= 15 is 0 Å². The summed E-state index contributed by atoms with van der Waals surface area (Å²) in [6, 6.07) is 12.6. The minimum Gasteiger partial charge on any atom is -0.360 e. The second kappa shape index (κ2) is 6.72. The Morgan fingerprint density at radius 1 is 1.12 bits per heavy atom. The molecule has 0 unspecified atom stereocenters. The summed E-state index contributed by atoms with van der Waals surface area (Å²) in [5, 5.41) is 8.28. The van der Waals surface area contributed by atoms with Gasteiger partial charge in [-0.05, 0) is 25.1 Å². The number of thiazole rings is 1. The lowest BCUT2D eigenvalue weighted by Crippen LogP contribution is -2.13. The van der Waals surface area contributed by atoms with Crippen LogP contribution in [0.5, 0.6) is 0 Å². The number of carbonyl (C=O) groups is 1. The van der Waals surface area contributed by atoms with Crippen molar-refractivity contribution < 1.29 is 9.32 Å². The normalized spacial score (nSPS) is 11.0. The molecule has 2 aromatic heterocycles. The van der Waals surface area contributed by atoms with E-state index in [1.165, 1.54) is 11.3 Å². The van der Waals surface area contributed by atoms with Crippen LogP contribution in [-0.4, -0.2) is 16.0 Å². The number of nitrogens with zero attached hydrogens (tertiary/aromatic N) is 2. The third kappa shape index (κ3) is 2.96. The maximum absolute atomic E-state index is 12.8. The Kier molecular flexibility index (Phi) is 4.40. The minimum atomic E-state index is -0.367. The maximum Gasteiger partial charge on any atom is 0.263 e. The summed E-state index contributed by atoms with van der Waals surface area (Å²) in [5.41, 5.74) is 2.00. The largest absolute Gasteiger partial charge is 0.360 e. The van der Waals surface area contributed by atoms with Gasteiger partial charge in [-0.1, -0.05) is 64.0 Å². The Morgan fingerprint density at radius 2 is 1.88 bits per heavy atom. The van der Waals surface area contributed by atoms with Crippen LogP contribution in [0.25, 0.3) is 21.5 Å². The zero-order valence-electron chi connectivity index (χ0n) is 13.4. The second-order valence-electron chi connectivity index (χ2n) is 5.50. The summed E-state index contributed by atoms with van der Waals surface area (Å²) in [5.74, 6) is 0.0328. The third-order valence-electron chi connectivity index (χ3n) is 3.81. The van der Waals surface area contributed by atoms with Crippen LogP contribution in [0.1, 0.15) is 16.1 Å². The van der Waals surface area contributed by atoms with Gasteiger partial charge in [-0.15, -0.1) is 0 Å². The number of para-hydroxylation sites is 1. The molecular formula is C18H11Cl2N3O2S. The standard InChI is InChI=1S/C18H11Cl2N3O2S/c1-9-14(15(23-25-9)10-5-2-3-6-11(10)19)17(24)22-18-21-16-12(20)7-4-8-13(16)26-18/h2-8H,1H3,(H,21,22,24). The molecule has 8 heteroatoms. The van der Waals surface area contributed by atoms with Crippen molar-refractivity contribution in [3.63, 3.8) is 0 Å². The first-order chi connectivity index (χ1) is 12.5. The van der Waals surface area contributed by atoms with Crippen molar-refractivity contribution in [1.82, 2.24) is 10.1 Å². The number of nitrogens with one attached hydrogen (secondary N) is 1. The molecule has 5 nitrogen and oxygen atoms in total. The number of aryl methyl sites for hydroxylation is 1. The summed E-state index contributed by atoms with van der Waals surface area (Å²) < 4.78 is 6.12. The Hall–Kier alpha value is -2.41. The van der Waals surface area contributed by atoms with Crippen LogP contribution < -0.4 is 5.32 Å². The number of anilines is 1. The number of halogens is 2. The highest BCUT2D eigenvalue weighted by Crippen LogP contribution is 2.33. The average Bonchev–Trinajstić information content (AvgIpc) is 3.19. The fourth-order valence-corrected chi connectivity index (χ4v) is 3.99. The first-order valence-corrected chi connectivity index (χ1v) is 9.19. The molecule has 4 rings (SSSR count). The first-order valence-electron chi connectivity index (χ1n) is 7.62. The van der Waals surface area contributed by atoms with Gasteiger partial charge < -0.3 is 4.52 Å². The number of benzene rings is 2. The number of carbonyl (C=O) groups excluding carboxylic acids is 1. The lowest BCUT2D eigenvalue weighted by atomic mass is 10.1. The lowest BCUT2D eigenvalue weighted by Gasteiger charge is -2.04. The molecule has 1 N–H and O–H groups in total. The predicted molar refractivity (Wildman–Crippen MR) is 104 cm³/mol. The van der Waals surface area contributed by atoms with Crippen molar-refractivity contribution in [3.05, 3.63) is 63.8 Å². The number of hydrogen-bond acceptors (Lipinski definition) is 5. The molecule has 0 saturated heterocycles. The van der Waals surface area contributed by atoms with Gasteiger partial charge in [-0.3, -0.25) is 10.1 Å². The van der Waals surface area contributed by atoms with Crippen LogP contribution in [0.15, 0.2) is 47.0 Å².